The van der Waals surface area contributed by atoms with Crippen LogP contribution in [0, 0.1) is 0 Å². The highest BCUT2D eigenvalue weighted by atomic mass is 16.2. The van der Waals surface area contributed by atoms with Crippen LogP contribution in [0.15, 0.2) is 103 Å². The number of carbonyl (C=O) groups is 3. The largest absolute Gasteiger partial charge is 0.325 e. The first-order chi connectivity index (χ1) is 16.6. The average Bonchev–Trinajstić information content (AvgIpc) is 3.08. The predicted octanol–water partition coefficient (Wildman–Crippen LogP) is 4.80. The number of hydrogen-bond acceptors (Lipinski definition) is 3. The summed E-state index contributed by atoms with van der Waals surface area (Å²) in [4.78, 5) is 41.1. The highest BCUT2D eigenvalue weighted by molar-refractivity contribution is 6.14. The fraction of sp³-hybridized carbons (Fsp3) is 0.138. The lowest BCUT2D eigenvalue weighted by molar-refractivity contribution is -0.131. The van der Waals surface area contributed by atoms with Crippen molar-refractivity contribution in [3.8, 4) is 0 Å². The molecule has 1 fully saturated rings. The Kier molecular flexibility index (Phi) is 5.68. The molecule has 0 spiro atoms. The Hall–Kier alpha value is -4.25. The van der Waals surface area contributed by atoms with Crippen LogP contribution in [0.5, 0.6) is 0 Å². The van der Waals surface area contributed by atoms with Crippen LogP contribution in [-0.4, -0.2) is 34.7 Å². The lowest BCUT2D eigenvalue weighted by Gasteiger charge is -2.27. The van der Waals surface area contributed by atoms with Gasteiger partial charge in [0.2, 0.25) is 0 Å². The molecule has 3 amide bonds. The van der Waals surface area contributed by atoms with Crippen molar-refractivity contribution in [1.82, 2.24) is 10.2 Å². The van der Waals surface area contributed by atoms with Crippen molar-refractivity contribution < 1.29 is 14.4 Å². The first-order valence-corrected chi connectivity index (χ1v) is 11.3. The molecule has 168 valence electrons. The van der Waals surface area contributed by atoms with Crippen molar-refractivity contribution in [1.29, 1.82) is 0 Å². The van der Waals surface area contributed by atoms with Crippen LogP contribution in [0.3, 0.4) is 0 Å². The van der Waals surface area contributed by atoms with Gasteiger partial charge in [0.1, 0.15) is 5.54 Å². The zero-order valence-electron chi connectivity index (χ0n) is 18.6. The van der Waals surface area contributed by atoms with Gasteiger partial charge in [0.15, 0.2) is 5.78 Å². The van der Waals surface area contributed by atoms with Gasteiger partial charge in [-0.2, -0.15) is 0 Å². The molecule has 0 bridgehead atoms. The van der Waals surface area contributed by atoms with E-state index < -0.39 is 11.6 Å². The molecule has 0 atom stereocenters. The van der Waals surface area contributed by atoms with Gasteiger partial charge in [-0.1, -0.05) is 103 Å². The normalized spacial score (nSPS) is 14.9. The minimum Gasteiger partial charge on any atom is -0.322 e. The number of fused-ring (bicyclic) bond motifs is 1. The fourth-order valence-electron chi connectivity index (χ4n) is 4.71. The van der Waals surface area contributed by atoms with Gasteiger partial charge >= 0.3 is 6.03 Å². The summed E-state index contributed by atoms with van der Waals surface area (Å²) >= 11 is 0. The Morgan fingerprint density at radius 3 is 1.91 bits per heavy atom. The number of amides is 3. The summed E-state index contributed by atoms with van der Waals surface area (Å²) < 4.78 is 0. The first-order valence-electron chi connectivity index (χ1n) is 11.3. The van der Waals surface area contributed by atoms with E-state index in [1.807, 2.05) is 97.1 Å². The number of carbonyl (C=O) groups excluding carboxylic acids is 3. The lowest BCUT2D eigenvalue weighted by Crippen LogP contribution is -2.51. The van der Waals surface area contributed by atoms with E-state index in [9.17, 15) is 14.4 Å². The molecule has 1 N–H and O–H groups in total. The quantitative estimate of drug-likeness (QED) is 0.326. The van der Waals surface area contributed by atoms with Crippen LogP contribution in [0.25, 0.3) is 10.8 Å². The number of ketones is 1. The zero-order valence-corrected chi connectivity index (χ0v) is 18.6. The van der Waals surface area contributed by atoms with Crippen molar-refractivity contribution in [2.24, 2.45) is 0 Å². The third-order valence-corrected chi connectivity index (χ3v) is 6.34. The van der Waals surface area contributed by atoms with Crippen LogP contribution < -0.4 is 5.32 Å². The Labute approximate surface area is 198 Å². The molecule has 1 heterocycles. The summed E-state index contributed by atoms with van der Waals surface area (Å²) in [5.41, 5.74) is 1.23. The molecule has 0 saturated carbocycles. The highest BCUT2D eigenvalue weighted by Gasteiger charge is 2.51. The molecule has 1 saturated heterocycles. The molecule has 5 rings (SSSR count). The van der Waals surface area contributed by atoms with Crippen LogP contribution in [0.2, 0.25) is 0 Å². The third kappa shape index (κ3) is 4.08. The molecule has 4 aromatic rings. The number of hydrogen-bond donors (Lipinski definition) is 1. The molecule has 5 heteroatoms. The van der Waals surface area contributed by atoms with E-state index in [0.717, 1.165) is 26.8 Å². The molecule has 1 aliphatic rings. The van der Waals surface area contributed by atoms with Gasteiger partial charge in [-0.05, 0) is 21.9 Å². The summed E-state index contributed by atoms with van der Waals surface area (Å²) in [7, 11) is 0. The van der Waals surface area contributed by atoms with Crippen molar-refractivity contribution >= 4 is 28.5 Å². The Morgan fingerprint density at radius 1 is 0.706 bits per heavy atom. The van der Waals surface area contributed by atoms with E-state index in [2.05, 4.69) is 5.32 Å². The van der Waals surface area contributed by atoms with Crippen LogP contribution in [0.4, 0.5) is 4.79 Å². The number of Topliss-reactive ketones (excluding diaryl/α,β-unsaturated/α-hetero) is 1. The maximum Gasteiger partial charge on any atom is 0.325 e. The minimum absolute atomic E-state index is 0.268. The van der Waals surface area contributed by atoms with E-state index in [1.165, 1.54) is 0 Å². The second-order valence-electron chi connectivity index (χ2n) is 8.68. The monoisotopic (exact) mass is 448 g/mol. The second kappa shape index (κ2) is 8.94. The SMILES string of the molecule is O=C(CN1C(=O)NC(Cc2ccccc2)(Cc2ccccc2)C1=O)c1cccc2ccccc12. The number of nitrogens with one attached hydrogen (secondary N) is 1. The molecule has 1 aliphatic heterocycles. The van der Waals surface area contributed by atoms with E-state index >= 15 is 0 Å². The van der Waals surface area contributed by atoms with Crippen LogP contribution in [0.1, 0.15) is 21.5 Å². The van der Waals surface area contributed by atoms with Crippen LogP contribution in [-0.2, 0) is 17.6 Å². The average molecular weight is 449 g/mol. The maximum absolute atomic E-state index is 13.8. The fourth-order valence-corrected chi connectivity index (χ4v) is 4.71. The summed E-state index contributed by atoms with van der Waals surface area (Å²) in [6.45, 7) is -0.302. The number of benzene rings is 4. The number of nitrogens with zero attached hydrogens (tertiary/aromatic N) is 1. The zero-order chi connectivity index (χ0) is 23.5. The molecule has 0 aromatic heterocycles. The van der Waals surface area contributed by atoms with Gasteiger partial charge in [-0.3, -0.25) is 14.5 Å². The van der Waals surface area contributed by atoms with Crippen molar-refractivity contribution in [2.45, 2.75) is 18.4 Å². The smallest absolute Gasteiger partial charge is 0.322 e. The molecule has 5 nitrogen and oxygen atoms in total. The van der Waals surface area contributed by atoms with Gasteiger partial charge in [0.25, 0.3) is 5.91 Å². The number of rotatable bonds is 7. The molecular formula is C29H24N2O3. The molecule has 0 radical (unpaired) electrons. The number of imide groups is 1. The van der Waals surface area contributed by atoms with Gasteiger partial charge in [0.05, 0.1) is 6.54 Å². The van der Waals surface area contributed by atoms with E-state index in [4.69, 9.17) is 0 Å². The van der Waals surface area contributed by atoms with Gasteiger partial charge < -0.3 is 5.32 Å². The Morgan fingerprint density at radius 2 is 1.26 bits per heavy atom. The highest BCUT2D eigenvalue weighted by Crippen LogP contribution is 2.28. The van der Waals surface area contributed by atoms with Crippen molar-refractivity contribution in [2.75, 3.05) is 6.54 Å². The summed E-state index contributed by atoms with van der Waals surface area (Å²) in [6.07, 6.45) is 0.679. The standard InChI is InChI=1S/C29H24N2O3/c32-26(25-17-9-15-23-14-7-8-16-24(23)25)20-31-27(33)29(30-28(31)34,18-21-10-3-1-4-11-21)19-22-12-5-2-6-13-22/h1-17H,18-20H2,(H,30,34). The first kappa shape index (κ1) is 21.6. The van der Waals surface area contributed by atoms with E-state index in [0.29, 0.717) is 18.4 Å². The molecule has 0 unspecified atom stereocenters. The van der Waals surface area contributed by atoms with Gasteiger partial charge in [-0.25, -0.2) is 4.79 Å². The van der Waals surface area contributed by atoms with Crippen molar-refractivity contribution in [3.63, 3.8) is 0 Å². The molecule has 0 aliphatic carbocycles. The summed E-state index contributed by atoms with van der Waals surface area (Å²) in [5.74, 6) is -0.644. The molecule has 34 heavy (non-hydrogen) atoms. The molecular weight excluding hydrogens is 424 g/mol. The topological polar surface area (TPSA) is 66.5 Å². The number of urea groups is 1. The predicted molar refractivity (Wildman–Crippen MR) is 132 cm³/mol. The van der Waals surface area contributed by atoms with Gasteiger partial charge in [-0.15, -0.1) is 0 Å². The van der Waals surface area contributed by atoms with Crippen molar-refractivity contribution in [3.05, 3.63) is 120 Å². The third-order valence-electron chi connectivity index (χ3n) is 6.34. The van der Waals surface area contributed by atoms with E-state index in [1.54, 1.807) is 6.07 Å². The van der Waals surface area contributed by atoms with Gasteiger partial charge in [0, 0.05) is 18.4 Å². The Bertz CT molecular complexity index is 1320. The minimum atomic E-state index is -1.15. The molecule has 4 aromatic carbocycles. The second-order valence-corrected chi connectivity index (χ2v) is 8.68. The Balaban J connectivity index is 1.46. The summed E-state index contributed by atoms with van der Waals surface area (Å²) in [6, 6.07) is 31.8. The van der Waals surface area contributed by atoms with Crippen LogP contribution >= 0.6 is 0 Å². The maximum atomic E-state index is 13.8. The van der Waals surface area contributed by atoms with E-state index in [-0.39, 0.29) is 18.2 Å². The lowest BCUT2D eigenvalue weighted by atomic mass is 9.84. The summed E-state index contributed by atoms with van der Waals surface area (Å²) in [5, 5.41) is 4.69.